The molecule has 0 unspecified atom stereocenters. The van der Waals surface area contributed by atoms with E-state index in [0.29, 0.717) is 49.7 Å². The predicted molar refractivity (Wildman–Crippen MR) is 123 cm³/mol. The van der Waals surface area contributed by atoms with Gasteiger partial charge < -0.3 is 14.5 Å². The van der Waals surface area contributed by atoms with E-state index in [1.165, 1.54) is 24.3 Å². The Morgan fingerprint density at radius 3 is 2.51 bits per heavy atom. The topological polar surface area (TPSA) is 45.1 Å². The zero-order valence-corrected chi connectivity index (χ0v) is 18.6. The van der Waals surface area contributed by atoms with Gasteiger partial charge in [-0.1, -0.05) is 18.2 Å². The SMILES string of the molecule is O=C(c1cccc(F)c1)N1CCCN(C2=Nc3cc(C(F)(F)F)ccc3Oc3ccccc32)CC1. The maximum Gasteiger partial charge on any atom is 0.416 e. The molecule has 1 amide bonds. The number of benzene rings is 3. The van der Waals surface area contributed by atoms with Gasteiger partial charge in [0, 0.05) is 31.7 Å². The number of amides is 1. The quantitative estimate of drug-likeness (QED) is 0.407. The second-order valence-corrected chi connectivity index (χ2v) is 8.36. The second kappa shape index (κ2) is 9.05. The zero-order valence-electron chi connectivity index (χ0n) is 18.6. The third-order valence-corrected chi connectivity index (χ3v) is 6.01. The minimum absolute atomic E-state index is 0.0861. The van der Waals surface area contributed by atoms with Gasteiger partial charge in [-0.25, -0.2) is 9.38 Å². The largest absolute Gasteiger partial charge is 0.454 e. The molecule has 35 heavy (non-hydrogen) atoms. The molecule has 3 aromatic carbocycles. The van der Waals surface area contributed by atoms with Gasteiger partial charge in [0.2, 0.25) is 0 Å². The van der Waals surface area contributed by atoms with Crippen LogP contribution in [-0.2, 0) is 6.18 Å². The van der Waals surface area contributed by atoms with E-state index in [1.807, 2.05) is 17.0 Å². The first-order valence-electron chi connectivity index (χ1n) is 11.2. The number of rotatable bonds is 1. The van der Waals surface area contributed by atoms with Crippen LogP contribution in [0.2, 0.25) is 0 Å². The Kier molecular flexibility index (Phi) is 5.92. The Bertz CT molecular complexity index is 1310. The van der Waals surface area contributed by atoms with Crippen LogP contribution in [0.1, 0.15) is 27.9 Å². The fourth-order valence-corrected chi connectivity index (χ4v) is 4.28. The van der Waals surface area contributed by atoms with Crippen molar-refractivity contribution in [2.45, 2.75) is 12.6 Å². The van der Waals surface area contributed by atoms with Crippen molar-refractivity contribution in [1.29, 1.82) is 0 Å². The Morgan fingerprint density at radius 1 is 0.886 bits per heavy atom. The summed E-state index contributed by atoms with van der Waals surface area (Å²) in [6.07, 6.45) is -3.90. The van der Waals surface area contributed by atoms with Gasteiger partial charge in [-0.3, -0.25) is 4.79 Å². The first-order chi connectivity index (χ1) is 16.8. The summed E-state index contributed by atoms with van der Waals surface area (Å²) in [5.41, 5.74) is 0.208. The molecule has 180 valence electrons. The molecule has 0 spiro atoms. The van der Waals surface area contributed by atoms with E-state index >= 15 is 0 Å². The molecule has 5 nitrogen and oxygen atoms in total. The second-order valence-electron chi connectivity index (χ2n) is 8.36. The van der Waals surface area contributed by atoms with Gasteiger partial charge in [-0.15, -0.1) is 0 Å². The van der Waals surface area contributed by atoms with Crippen molar-refractivity contribution in [3.05, 3.63) is 89.2 Å². The number of alkyl halides is 3. The van der Waals surface area contributed by atoms with Gasteiger partial charge in [0.05, 0.1) is 11.1 Å². The molecule has 0 atom stereocenters. The average Bonchev–Trinajstić information content (AvgIpc) is 3.17. The third kappa shape index (κ3) is 4.71. The number of halogens is 4. The van der Waals surface area contributed by atoms with Crippen molar-refractivity contribution in [3.63, 3.8) is 0 Å². The fourth-order valence-electron chi connectivity index (χ4n) is 4.28. The number of fused-ring (bicyclic) bond motifs is 2. The zero-order chi connectivity index (χ0) is 24.6. The molecule has 0 saturated carbocycles. The summed E-state index contributed by atoms with van der Waals surface area (Å²) in [5.74, 6) is 0.463. The van der Waals surface area contributed by atoms with Gasteiger partial charge in [-0.05, 0) is 55.0 Å². The molecule has 0 bridgehead atoms. The van der Waals surface area contributed by atoms with Gasteiger partial charge in [0.25, 0.3) is 5.91 Å². The summed E-state index contributed by atoms with van der Waals surface area (Å²) in [7, 11) is 0. The predicted octanol–water partition coefficient (Wildman–Crippen LogP) is 5.88. The lowest BCUT2D eigenvalue weighted by Crippen LogP contribution is -2.37. The summed E-state index contributed by atoms with van der Waals surface area (Å²) >= 11 is 0. The third-order valence-electron chi connectivity index (χ3n) is 6.01. The number of ether oxygens (including phenoxy) is 1. The normalized spacial score (nSPS) is 15.8. The van der Waals surface area contributed by atoms with E-state index in [1.54, 1.807) is 23.1 Å². The maximum absolute atomic E-state index is 13.6. The molecule has 2 aliphatic heterocycles. The van der Waals surface area contributed by atoms with Crippen LogP contribution < -0.4 is 4.74 Å². The number of para-hydroxylation sites is 1. The van der Waals surface area contributed by atoms with Crippen molar-refractivity contribution in [2.24, 2.45) is 4.99 Å². The molecule has 5 rings (SSSR count). The summed E-state index contributed by atoms with van der Waals surface area (Å²) in [5, 5.41) is 0. The van der Waals surface area contributed by atoms with E-state index in [-0.39, 0.29) is 22.9 Å². The molecule has 1 fully saturated rings. The standard InChI is InChI=1S/C26H21F4N3O2/c27-19-6-3-5-17(15-19)25(34)33-12-4-11-32(13-14-33)24-20-7-1-2-8-22(20)35-23-10-9-18(26(28,29)30)16-21(23)31-24/h1-3,5-10,15-16H,4,11-14H2. The number of carbonyl (C=O) groups is 1. The van der Waals surface area contributed by atoms with E-state index in [0.717, 1.165) is 12.1 Å². The highest BCUT2D eigenvalue weighted by molar-refractivity contribution is 6.04. The van der Waals surface area contributed by atoms with Gasteiger partial charge >= 0.3 is 6.18 Å². The Balaban J connectivity index is 1.47. The van der Waals surface area contributed by atoms with Crippen LogP contribution in [0.15, 0.2) is 71.7 Å². The monoisotopic (exact) mass is 483 g/mol. The lowest BCUT2D eigenvalue weighted by atomic mass is 10.1. The Morgan fingerprint density at radius 2 is 1.71 bits per heavy atom. The molecule has 0 radical (unpaired) electrons. The van der Waals surface area contributed by atoms with Crippen molar-refractivity contribution in [3.8, 4) is 11.5 Å². The number of carbonyl (C=O) groups excluding carboxylic acids is 1. The fraction of sp³-hybridized carbons (Fsp3) is 0.231. The van der Waals surface area contributed by atoms with Crippen LogP contribution in [-0.4, -0.2) is 47.7 Å². The highest BCUT2D eigenvalue weighted by Crippen LogP contribution is 2.41. The van der Waals surface area contributed by atoms with Gasteiger partial charge in [0.1, 0.15) is 23.1 Å². The highest BCUT2D eigenvalue weighted by atomic mass is 19.4. The first kappa shape index (κ1) is 22.9. The minimum atomic E-state index is -4.51. The summed E-state index contributed by atoms with van der Waals surface area (Å²) in [4.78, 5) is 21.2. The van der Waals surface area contributed by atoms with Crippen LogP contribution in [0.25, 0.3) is 0 Å². The molecule has 1 saturated heterocycles. The number of amidine groups is 1. The van der Waals surface area contributed by atoms with Crippen molar-refractivity contribution in [1.82, 2.24) is 9.80 Å². The van der Waals surface area contributed by atoms with Gasteiger partial charge in [0.15, 0.2) is 5.75 Å². The Hall–Kier alpha value is -3.88. The molecule has 0 aromatic heterocycles. The summed E-state index contributed by atoms with van der Waals surface area (Å²) in [6, 6.07) is 16.0. The Labute approximate surface area is 199 Å². The smallest absolute Gasteiger partial charge is 0.416 e. The average molecular weight is 483 g/mol. The number of nitrogens with zero attached hydrogens (tertiary/aromatic N) is 3. The first-order valence-corrected chi connectivity index (χ1v) is 11.2. The number of aliphatic imine (C=N–C) groups is 1. The maximum atomic E-state index is 13.6. The van der Waals surface area contributed by atoms with E-state index in [4.69, 9.17) is 4.74 Å². The molecule has 2 heterocycles. The van der Waals surface area contributed by atoms with E-state index < -0.39 is 17.6 Å². The molecule has 9 heteroatoms. The van der Waals surface area contributed by atoms with Crippen molar-refractivity contribution in [2.75, 3.05) is 26.2 Å². The lowest BCUT2D eigenvalue weighted by Gasteiger charge is -2.25. The van der Waals surface area contributed by atoms with Crippen LogP contribution in [0.4, 0.5) is 23.2 Å². The minimum Gasteiger partial charge on any atom is -0.454 e. The number of hydrogen-bond acceptors (Lipinski definition) is 4. The van der Waals surface area contributed by atoms with Crippen LogP contribution in [0, 0.1) is 5.82 Å². The number of hydrogen-bond donors (Lipinski definition) is 0. The van der Waals surface area contributed by atoms with Gasteiger partial charge in [-0.2, -0.15) is 13.2 Å². The molecular weight excluding hydrogens is 462 g/mol. The van der Waals surface area contributed by atoms with Crippen LogP contribution in [0.5, 0.6) is 11.5 Å². The van der Waals surface area contributed by atoms with E-state index in [2.05, 4.69) is 4.99 Å². The summed E-state index contributed by atoms with van der Waals surface area (Å²) < 4.78 is 59.6. The molecule has 2 aliphatic rings. The summed E-state index contributed by atoms with van der Waals surface area (Å²) in [6.45, 7) is 1.76. The lowest BCUT2D eigenvalue weighted by molar-refractivity contribution is -0.137. The van der Waals surface area contributed by atoms with Crippen molar-refractivity contribution < 1.29 is 27.1 Å². The van der Waals surface area contributed by atoms with Crippen molar-refractivity contribution >= 4 is 17.4 Å². The highest BCUT2D eigenvalue weighted by Gasteiger charge is 2.32. The molecule has 3 aromatic rings. The molecule has 0 N–H and O–H groups in total. The molecular formula is C26H21F4N3O2. The van der Waals surface area contributed by atoms with Crippen LogP contribution >= 0.6 is 0 Å². The molecule has 0 aliphatic carbocycles. The van der Waals surface area contributed by atoms with E-state index in [9.17, 15) is 22.4 Å². The van der Waals surface area contributed by atoms with Crippen LogP contribution in [0.3, 0.4) is 0 Å².